The maximum atomic E-state index is 12.8. The minimum atomic E-state index is -3.55. The highest BCUT2D eigenvalue weighted by molar-refractivity contribution is 7.89. The third kappa shape index (κ3) is 3.39. The third-order valence-corrected chi connectivity index (χ3v) is 6.16. The molecular weight excluding hydrogens is 288 g/mol. The number of nitrogens with two attached hydrogens (primary N) is 1. The number of benzene rings is 1. The topological polar surface area (TPSA) is 72.6 Å². The SMILES string of the molecule is Cc1ccc(N)c(C)c1S(=O)(=O)N(C)CC1CCCCO1. The van der Waals surface area contributed by atoms with E-state index in [2.05, 4.69) is 0 Å². The lowest BCUT2D eigenvalue weighted by atomic mass is 10.1. The molecule has 2 rings (SSSR count). The molecule has 0 radical (unpaired) electrons. The largest absolute Gasteiger partial charge is 0.398 e. The Morgan fingerprint density at radius 3 is 2.67 bits per heavy atom. The molecule has 0 aromatic heterocycles. The third-order valence-electron chi connectivity index (χ3n) is 4.05. The van der Waals surface area contributed by atoms with Crippen molar-refractivity contribution in [3.8, 4) is 0 Å². The second-order valence-electron chi connectivity index (χ2n) is 5.70. The van der Waals surface area contributed by atoms with Gasteiger partial charge < -0.3 is 10.5 Å². The van der Waals surface area contributed by atoms with Crippen molar-refractivity contribution in [2.45, 2.75) is 44.1 Å². The highest BCUT2D eigenvalue weighted by Gasteiger charge is 2.28. The van der Waals surface area contributed by atoms with Gasteiger partial charge in [0.2, 0.25) is 10.0 Å². The van der Waals surface area contributed by atoms with Crippen molar-refractivity contribution in [3.63, 3.8) is 0 Å². The Bertz CT molecular complexity index is 608. The molecule has 0 saturated carbocycles. The van der Waals surface area contributed by atoms with Gasteiger partial charge in [0.05, 0.1) is 11.0 Å². The zero-order chi connectivity index (χ0) is 15.6. The quantitative estimate of drug-likeness (QED) is 0.864. The van der Waals surface area contributed by atoms with Gasteiger partial charge in [-0.1, -0.05) is 6.07 Å². The van der Waals surface area contributed by atoms with Crippen molar-refractivity contribution in [3.05, 3.63) is 23.3 Å². The molecule has 21 heavy (non-hydrogen) atoms. The molecule has 1 aliphatic rings. The Morgan fingerprint density at radius 1 is 1.33 bits per heavy atom. The van der Waals surface area contributed by atoms with Gasteiger partial charge >= 0.3 is 0 Å². The van der Waals surface area contributed by atoms with Crippen LogP contribution < -0.4 is 5.73 Å². The molecule has 5 nitrogen and oxygen atoms in total. The van der Waals surface area contributed by atoms with E-state index in [-0.39, 0.29) is 6.10 Å². The molecular formula is C15H24N2O3S. The van der Waals surface area contributed by atoms with E-state index in [4.69, 9.17) is 10.5 Å². The Labute approximate surface area is 127 Å². The Hall–Kier alpha value is -1.11. The molecule has 1 heterocycles. The van der Waals surface area contributed by atoms with Crippen LogP contribution in [0.3, 0.4) is 0 Å². The normalized spacial score (nSPS) is 19.9. The summed E-state index contributed by atoms with van der Waals surface area (Å²) in [4.78, 5) is 0.320. The van der Waals surface area contributed by atoms with Gasteiger partial charge in [-0.3, -0.25) is 0 Å². The number of hydrogen-bond acceptors (Lipinski definition) is 4. The van der Waals surface area contributed by atoms with Crippen molar-refractivity contribution in [1.82, 2.24) is 4.31 Å². The van der Waals surface area contributed by atoms with Crippen LogP contribution in [0, 0.1) is 13.8 Å². The number of nitrogen functional groups attached to an aromatic ring is 1. The van der Waals surface area contributed by atoms with E-state index in [0.29, 0.717) is 22.7 Å². The van der Waals surface area contributed by atoms with Crippen LogP contribution in [0.25, 0.3) is 0 Å². The summed E-state index contributed by atoms with van der Waals surface area (Å²) in [6.45, 7) is 4.65. The monoisotopic (exact) mass is 312 g/mol. The number of anilines is 1. The summed E-state index contributed by atoms with van der Waals surface area (Å²) >= 11 is 0. The van der Waals surface area contributed by atoms with Crippen molar-refractivity contribution in [1.29, 1.82) is 0 Å². The fourth-order valence-corrected chi connectivity index (χ4v) is 4.39. The predicted octanol–water partition coefficient (Wildman–Crippen LogP) is 2.08. The van der Waals surface area contributed by atoms with E-state index < -0.39 is 10.0 Å². The molecule has 1 saturated heterocycles. The van der Waals surface area contributed by atoms with E-state index in [0.717, 1.165) is 31.4 Å². The summed E-state index contributed by atoms with van der Waals surface area (Å²) in [7, 11) is -1.94. The van der Waals surface area contributed by atoms with Gasteiger partial charge in [0.1, 0.15) is 0 Å². The van der Waals surface area contributed by atoms with Crippen LogP contribution in [-0.2, 0) is 14.8 Å². The molecule has 0 amide bonds. The number of likely N-dealkylation sites (N-methyl/N-ethyl adjacent to an activating group) is 1. The molecule has 2 N–H and O–H groups in total. The summed E-state index contributed by atoms with van der Waals surface area (Å²) in [6, 6.07) is 3.49. The predicted molar refractivity (Wildman–Crippen MR) is 83.7 cm³/mol. The van der Waals surface area contributed by atoms with Gasteiger partial charge in [-0.25, -0.2) is 8.42 Å². The average molecular weight is 312 g/mol. The Kier molecular flexibility index (Phi) is 4.91. The molecule has 1 atom stereocenters. The summed E-state index contributed by atoms with van der Waals surface area (Å²) in [6.07, 6.45) is 3.05. The Balaban J connectivity index is 2.27. The molecule has 0 spiro atoms. The maximum absolute atomic E-state index is 12.8. The molecule has 118 valence electrons. The maximum Gasteiger partial charge on any atom is 0.243 e. The van der Waals surface area contributed by atoms with Crippen molar-refractivity contribution >= 4 is 15.7 Å². The van der Waals surface area contributed by atoms with E-state index in [1.807, 2.05) is 0 Å². The van der Waals surface area contributed by atoms with Gasteiger partial charge in [-0.05, 0) is 50.3 Å². The minimum Gasteiger partial charge on any atom is -0.398 e. The van der Waals surface area contributed by atoms with Crippen LogP contribution in [0.2, 0.25) is 0 Å². The fraction of sp³-hybridized carbons (Fsp3) is 0.600. The van der Waals surface area contributed by atoms with Crippen molar-refractivity contribution < 1.29 is 13.2 Å². The first-order valence-corrected chi connectivity index (χ1v) is 8.71. The number of aryl methyl sites for hydroxylation is 1. The molecule has 1 aromatic carbocycles. The summed E-state index contributed by atoms with van der Waals surface area (Å²) in [5, 5.41) is 0. The van der Waals surface area contributed by atoms with Crippen molar-refractivity contribution in [2.75, 3.05) is 25.9 Å². The molecule has 1 unspecified atom stereocenters. The van der Waals surface area contributed by atoms with E-state index in [9.17, 15) is 8.42 Å². The van der Waals surface area contributed by atoms with Crippen LogP contribution in [0.15, 0.2) is 17.0 Å². The number of nitrogens with zero attached hydrogens (tertiary/aromatic N) is 1. The first-order chi connectivity index (χ1) is 9.84. The van der Waals surface area contributed by atoms with Crippen LogP contribution >= 0.6 is 0 Å². The number of sulfonamides is 1. The standard InChI is InChI=1S/C15H24N2O3S/c1-11-7-8-14(16)12(2)15(11)21(18,19)17(3)10-13-6-4-5-9-20-13/h7-8,13H,4-6,9-10,16H2,1-3H3. The summed E-state index contributed by atoms with van der Waals surface area (Å²) in [5.41, 5.74) is 7.70. The van der Waals surface area contributed by atoms with Gasteiger partial charge in [-0.2, -0.15) is 4.31 Å². The first-order valence-electron chi connectivity index (χ1n) is 7.27. The van der Waals surface area contributed by atoms with Crippen LogP contribution in [0.1, 0.15) is 30.4 Å². The van der Waals surface area contributed by atoms with Crippen LogP contribution in [0.5, 0.6) is 0 Å². The highest BCUT2D eigenvalue weighted by atomic mass is 32.2. The van der Waals surface area contributed by atoms with Gasteiger partial charge in [0.25, 0.3) is 0 Å². The second kappa shape index (κ2) is 6.34. The van der Waals surface area contributed by atoms with E-state index in [1.54, 1.807) is 33.0 Å². The smallest absolute Gasteiger partial charge is 0.243 e. The fourth-order valence-electron chi connectivity index (χ4n) is 2.73. The lowest BCUT2D eigenvalue weighted by Gasteiger charge is -2.28. The van der Waals surface area contributed by atoms with E-state index in [1.165, 1.54) is 4.31 Å². The minimum absolute atomic E-state index is 0.0137. The summed E-state index contributed by atoms with van der Waals surface area (Å²) in [5.74, 6) is 0. The zero-order valence-corrected chi connectivity index (χ0v) is 13.7. The lowest BCUT2D eigenvalue weighted by molar-refractivity contribution is 0.00858. The van der Waals surface area contributed by atoms with Gasteiger partial charge in [0.15, 0.2) is 0 Å². The zero-order valence-electron chi connectivity index (χ0n) is 12.9. The first kappa shape index (κ1) is 16.3. The summed E-state index contributed by atoms with van der Waals surface area (Å²) < 4.78 is 32.6. The van der Waals surface area contributed by atoms with Gasteiger partial charge in [0, 0.05) is 25.9 Å². The molecule has 6 heteroatoms. The number of rotatable bonds is 4. The second-order valence-corrected chi connectivity index (χ2v) is 7.68. The van der Waals surface area contributed by atoms with Crippen LogP contribution in [-0.4, -0.2) is 39.0 Å². The number of hydrogen-bond donors (Lipinski definition) is 1. The molecule has 1 aliphatic heterocycles. The molecule has 1 aromatic rings. The van der Waals surface area contributed by atoms with E-state index >= 15 is 0 Å². The molecule has 1 fully saturated rings. The van der Waals surface area contributed by atoms with Gasteiger partial charge in [-0.15, -0.1) is 0 Å². The number of ether oxygens (including phenoxy) is 1. The van der Waals surface area contributed by atoms with Crippen molar-refractivity contribution in [2.24, 2.45) is 0 Å². The van der Waals surface area contributed by atoms with Crippen LogP contribution in [0.4, 0.5) is 5.69 Å². The lowest BCUT2D eigenvalue weighted by Crippen LogP contribution is -2.37. The molecule has 0 aliphatic carbocycles. The highest BCUT2D eigenvalue weighted by Crippen LogP contribution is 2.27. The molecule has 0 bridgehead atoms. The average Bonchev–Trinajstić information content (AvgIpc) is 2.44. The Morgan fingerprint density at radius 2 is 2.05 bits per heavy atom.